The first-order valence-electron chi connectivity index (χ1n) is 6.65. The number of aryl methyl sites for hydroxylation is 1. The molecule has 7 heteroatoms. The Morgan fingerprint density at radius 2 is 1.91 bits per heavy atom. The molecule has 6 nitrogen and oxygen atoms in total. The summed E-state index contributed by atoms with van der Waals surface area (Å²) in [6.07, 6.45) is 0. The van der Waals surface area contributed by atoms with Gasteiger partial charge < -0.3 is 9.50 Å². The van der Waals surface area contributed by atoms with Crippen LogP contribution in [0.2, 0.25) is 0 Å². The maximum atomic E-state index is 12.5. The molecule has 0 atom stereocenters. The molecule has 0 aliphatic rings. The second kappa shape index (κ2) is 6.50. The highest BCUT2D eigenvalue weighted by molar-refractivity contribution is 7.87. The van der Waals surface area contributed by atoms with Gasteiger partial charge in [-0.15, -0.1) is 0 Å². The fraction of sp³-hybridized carbons (Fsp3) is 0.125. The van der Waals surface area contributed by atoms with Gasteiger partial charge in [-0.25, -0.2) is 0 Å². The summed E-state index contributed by atoms with van der Waals surface area (Å²) in [4.78, 5) is 11.0. The Hall–Kier alpha value is -2.85. The van der Waals surface area contributed by atoms with Crippen LogP contribution in [0.15, 0.2) is 47.4 Å². The summed E-state index contributed by atoms with van der Waals surface area (Å²) in [5, 5.41) is 11.5. The van der Waals surface area contributed by atoms with E-state index in [9.17, 15) is 13.2 Å². The lowest BCUT2D eigenvalue weighted by Gasteiger charge is -2.12. The molecule has 2 aromatic rings. The first-order valence-corrected chi connectivity index (χ1v) is 8.06. The zero-order chi connectivity index (χ0) is 17.0. The first-order chi connectivity index (χ1) is 10.8. The van der Waals surface area contributed by atoms with Crippen molar-refractivity contribution in [3.05, 3.63) is 53.6 Å². The van der Waals surface area contributed by atoms with Crippen LogP contribution in [0.3, 0.4) is 0 Å². The number of amides is 1. The number of carbonyl (C=O) groups is 1. The number of nitriles is 1. The average molecular weight is 330 g/mol. The van der Waals surface area contributed by atoms with E-state index >= 15 is 0 Å². The SMILES string of the molecule is CC(=O)Nc1ccc(C)c(S(=O)(=O)Oc2ccccc2C#N)c1. The summed E-state index contributed by atoms with van der Waals surface area (Å²) < 4.78 is 30.1. The summed E-state index contributed by atoms with van der Waals surface area (Å²) in [6, 6.07) is 12.4. The molecule has 118 valence electrons. The molecule has 23 heavy (non-hydrogen) atoms. The second-order valence-electron chi connectivity index (χ2n) is 4.81. The third-order valence-electron chi connectivity index (χ3n) is 2.98. The van der Waals surface area contributed by atoms with Crippen LogP contribution >= 0.6 is 0 Å². The van der Waals surface area contributed by atoms with Crippen molar-refractivity contribution < 1.29 is 17.4 Å². The minimum Gasteiger partial charge on any atom is -0.378 e. The van der Waals surface area contributed by atoms with Gasteiger partial charge in [-0.2, -0.15) is 13.7 Å². The summed E-state index contributed by atoms with van der Waals surface area (Å²) in [7, 11) is -4.14. The molecule has 0 saturated heterocycles. The van der Waals surface area contributed by atoms with E-state index in [1.54, 1.807) is 31.2 Å². The molecule has 0 aliphatic heterocycles. The van der Waals surface area contributed by atoms with Crippen LogP contribution < -0.4 is 9.50 Å². The molecule has 0 aromatic heterocycles. The number of rotatable bonds is 4. The topological polar surface area (TPSA) is 96.3 Å². The molecule has 0 aliphatic carbocycles. The zero-order valence-electron chi connectivity index (χ0n) is 12.5. The predicted molar refractivity (Wildman–Crippen MR) is 84.5 cm³/mol. The maximum absolute atomic E-state index is 12.5. The van der Waals surface area contributed by atoms with Gasteiger partial charge in [-0.05, 0) is 36.8 Å². The van der Waals surface area contributed by atoms with Gasteiger partial charge in [-0.3, -0.25) is 4.79 Å². The van der Waals surface area contributed by atoms with E-state index in [0.29, 0.717) is 11.3 Å². The Kier molecular flexibility index (Phi) is 4.67. The smallest absolute Gasteiger partial charge is 0.339 e. The quantitative estimate of drug-likeness (QED) is 0.869. The molecule has 0 unspecified atom stereocenters. The van der Waals surface area contributed by atoms with E-state index in [1.807, 2.05) is 6.07 Å². The van der Waals surface area contributed by atoms with Gasteiger partial charge >= 0.3 is 10.1 Å². The first kappa shape index (κ1) is 16.5. The number of nitrogens with one attached hydrogen (secondary N) is 1. The standard InChI is InChI=1S/C16H14N2O4S/c1-11-7-8-14(18-12(2)19)9-16(11)23(20,21)22-15-6-4-3-5-13(15)10-17/h3-9H,1-2H3,(H,18,19). The second-order valence-corrected chi connectivity index (χ2v) is 6.32. The number of hydrogen-bond donors (Lipinski definition) is 1. The van der Waals surface area contributed by atoms with Crippen LogP contribution in [0.5, 0.6) is 5.75 Å². The summed E-state index contributed by atoms with van der Waals surface area (Å²) >= 11 is 0. The van der Waals surface area contributed by atoms with E-state index in [0.717, 1.165) is 0 Å². The van der Waals surface area contributed by atoms with Gasteiger partial charge in [0.15, 0.2) is 5.75 Å². The predicted octanol–water partition coefficient (Wildman–Crippen LogP) is 2.59. The van der Waals surface area contributed by atoms with Crippen molar-refractivity contribution >= 4 is 21.7 Å². The van der Waals surface area contributed by atoms with Gasteiger partial charge in [0.2, 0.25) is 5.91 Å². The molecule has 0 saturated carbocycles. The molecule has 2 aromatic carbocycles. The Balaban J connectivity index is 2.44. The van der Waals surface area contributed by atoms with E-state index in [-0.39, 0.29) is 22.1 Å². The minimum absolute atomic E-state index is 0.0423. The van der Waals surface area contributed by atoms with Crippen LogP contribution in [0.1, 0.15) is 18.1 Å². The van der Waals surface area contributed by atoms with E-state index in [2.05, 4.69) is 5.32 Å². The number of para-hydroxylation sites is 1. The Morgan fingerprint density at radius 1 is 1.22 bits per heavy atom. The number of benzene rings is 2. The molecule has 2 rings (SSSR count). The fourth-order valence-electron chi connectivity index (χ4n) is 1.95. The summed E-state index contributed by atoms with van der Waals surface area (Å²) in [5.74, 6) is -0.354. The van der Waals surface area contributed by atoms with E-state index in [1.165, 1.54) is 25.1 Å². The summed E-state index contributed by atoms with van der Waals surface area (Å²) in [6.45, 7) is 2.94. The highest BCUT2D eigenvalue weighted by Crippen LogP contribution is 2.26. The van der Waals surface area contributed by atoms with Crippen molar-refractivity contribution in [2.75, 3.05) is 5.32 Å². The fourth-order valence-corrected chi connectivity index (χ4v) is 3.15. The third-order valence-corrected chi connectivity index (χ3v) is 4.36. The van der Waals surface area contributed by atoms with Gasteiger partial charge in [0, 0.05) is 12.6 Å². The van der Waals surface area contributed by atoms with Crippen LogP contribution in [-0.2, 0) is 14.9 Å². The lowest BCUT2D eigenvalue weighted by Crippen LogP contribution is -2.13. The number of hydrogen-bond acceptors (Lipinski definition) is 5. The Labute approximate surface area is 134 Å². The number of carbonyl (C=O) groups excluding carboxylic acids is 1. The lowest BCUT2D eigenvalue weighted by atomic mass is 10.2. The molecular weight excluding hydrogens is 316 g/mol. The molecule has 0 radical (unpaired) electrons. The van der Waals surface area contributed by atoms with Crippen molar-refractivity contribution in [3.63, 3.8) is 0 Å². The molecule has 0 heterocycles. The maximum Gasteiger partial charge on any atom is 0.339 e. The van der Waals surface area contributed by atoms with Gasteiger partial charge in [0.1, 0.15) is 11.0 Å². The Bertz CT molecular complexity index is 899. The molecule has 0 bridgehead atoms. The molecular formula is C16H14N2O4S. The average Bonchev–Trinajstić information content (AvgIpc) is 2.48. The lowest BCUT2D eigenvalue weighted by molar-refractivity contribution is -0.114. The monoisotopic (exact) mass is 330 g/mol. The van der Waals surface area contributed by atoms with E-state index in [4.69, 9.17) is 9.44 Å². The van der Waals surface area contributed by atoms with Crippen molar-refractivity contribution in [2.24, 2.45) is 0 Å². The normalized spacial score (nSPS) is 10.7. The number of anilines is 1. The van der Waals surface area contributed by atoms with Crippen molar-refractivity contribution in [2.45, 2.75) is 18.7 Å². The van der Waals surface area contributed by atoms with Gasteiger partial charge in [0.05, 0.1) is 5.56 Å². The molecule has 0 fully saturated rings. The summed E-state index contributed by atoms with van der Waals surface area (Å²) in [5.41, 5.74) is 0.930. The minimum atomic E-state index is -4.14. The van der Waals surface area contributed by atoms with Crippen LogP contribution in [0.4, 0.5) is 5.69 Å². The highest BCUT2D eigenvalue weighted by atomic mass is 32.2. The van der Waals surface area contributed by atoms with Gasteiger partial charge in [-0.1, -0.05) is 18.2 Å². The largest absolute Gasteiger partial charge is 0.378 e. The molecule has 1 N–H and O–H groups in total. The third kappa shape index (κ3) is 3.87. The molecule has 0 spiro atoms. The van der Waals surface area contributed by atoms with Crippen molar-refractivity contribution in [3.8, 4) is 11.8 Å². The van der Waals surface area contributed by atoms with Crippen molar-refractivity contribution in [1.82, 2.24) is 0 Å². The van der Waals surface area contributed by atoms with Crippen molar-refractivity contribution in [1.29, 1.82) is 5.26 Å². The van der Waals surface area contributed by atoms with Crippen LogP contribution in [0.25, 0.3) is 0 Å². The highest BCUT2D eigenvalue weighted by Gasteiger charge is 2.21. The Morgan fingerprint density at radius 3 is 2.57 bits per heavy atom. The van der Waals surface area contributed by atoms with Gasteiger partial charge in [0.25, 0.3) is 0 Å². The molecule has 1 amide bonds. The van der Waals surface area contributed by atoms with Crippen LogP contribution in [-0.4, -0.2) is 14.3 Å². The zero-order valence-corrected chi connectivity index (χ0v) is 13.3. The number of nitrogens with zero attached hydrogens (tertiary/aromatic N) is 1. The van der Waals surface area contributed by atoms with Crippen LogP contribution in [0, 0.1) is 18.3 Å². The van der Waals surface area contributed by atoms with E-state index < -0.39 is 10.1 Å².